The normalized spacial score (nSPS) is 17.7. The van der Waals surface area contributed by atoms with Gasteiger partial charge in [0.2, 0.25) is 0 Å². The molecule has 1 aromatic rings. The molecule has 0 bridgehead atoms. The average molecular weight is 344 g/mol. The van der Waals surface area contributed by atoms with E-state index in [0.29, 0.717) is 0 Å². The highest BCUT2D eigenvalue weighted by Gasteiger charge is 2.56. The molecule has 0 aliphatic carbocycles. The van der Waals surface area contributed by atoms with Crippen LogP contribution in [0.1, 0.15) is 59.9 Å². The first-order valence-electron chi connectivity index (χ1n) is 8.11. The van der Waals surface area contributed by atoms with E-state index < -0.39 is 28.6 Å². The number of hydrogen-bond donors (Lipinski definition) is 0. The minimum absolute atomic E-state index is 0.153. The fourth-order valence-corrected chi connectivity index (χ4v) is 2.70. The lowest BCUT2D eigenvalue weighted by atomic mass is 9.67. The van der Waals surface area contributed by atoms with Crippen LogP contribution >= 0.6 is 0 Å². The Bertz CT molecular complexity index is 560. The summed E-state index contributed by atoms with van der Waals surface area (Å²) in [6, 6.07) is 7.75. The Morgan fingerprint density at radius 2 is 1.50 bits per heavy atom. The molecular formula is C19H27F3O2. The summed E-state index contributed by atoms with van der Waals surface area (Å²) in [4.78, 5) is 12.6. The summed E-state index contributed by atoms with van der Waals surface area (Å²) in [7, 11) is 0. The van der Waals surface area contributed by atoms with Gasteiger partial charge in [0, 0.05) is 0 Å². The van der Waals surface area contributed by atoms with Gasteiger partial charge in [0.15, 0.2) is 0 Å². The second-order valence-corrected chi connectivity index (χ2v) is 7.79. The van der Waals surface area contributed by atoms with Gasteiger partial charge in [-0.3, -0.25) is 4.79 Å². The first-order chi connectivity index (χ1) is 10.8. The van der Waals surface area contributed by atoms with Gasteiger partial charge in [0.05, 0.1) is 10.8 Å². The average Bonchev–Trinajstić information content (AvgIpc) is 2.45. The first kappa shape index (κ1) is 20.5. The molecule has 24 heavy (non-hydrogen) atoms. The highest BCUT2D eigenvalue weighted by atomic mass is 19.4. The number of benzene rings is 1. The summed E-state index contributed by atoms with van der Waals surface area (Å²) in [5, 5.41) is 0. The van der Waals surface area contributed by atoms with Gasteiger partial charge in [-0.2, -0.15) is 13.2 Å². The van der Waals surface area contributed by atoms with Crippen molar-refractivity contribution < 1.29 is 22.7 Å². The van der Waals surface area contributed by atoms with Crippen molar-refractivity contribution in [1.29, 1.82) is 0 Å². The van der Waals surface area contributed by atoms with Crippen LogP contribution in [0.25, 0.3) is 0 Å². The fraction of sp³-hybridized carbons (Fsp3) is 0.632. The lowest BCUT2D eigenvalue weighted by molar-refractivity contribution is -0.200. The van der Waals surface area contributed by atoms with Crippen LogP contribution in [-0.2, 0) is 14.9 Å². The molecule has 0 spiro atoms. The second-order valence-electron chi connectivity index (χ2n) is 7.79. The maximum Gasteiger partial charge on any atom is 0.398 e. The van der Waals surface area contributed by atoms with E-state index in [9.17, 15) is 18.0 Å². The largest absolute Gasteiger partial charge is 0.460 e. The molecule has 0 aliphatic heterocycles. The summed E-state index contributed by atoms with van der Waals surface area (Å²) in [6.45, 7) is 9.55. The molecule has 136 valence electrons. The molecule has 2 nitrogen and oxygen atoms in total. The van der Waals surface area contributed by atoms with Gasteiger partial charge in [-0.1, -0.05) is 37.3 Å². The third kappa shape index (κ3) is 4.52. The number of alkyl halides is 3. The molecule has 1 aromatic carbocycles. The number of hydrogen-bond acceptors (Lipinski definition) is 2. The van der Waals surface area contributed by atoms with Crippen molar-refractivity contribution in [3.8, 4) is 0 Å². The Morgan fingerprint density at radius 1 is 1.00 bits per heavy atom. The van der Waals surface area contributed by atoms with Crippen molar-refractivity contribution in [1.82, 2.24) is 0 Å². The molecule has 5 heteroatoms. The van der Waals surface area contributed by atoms with Gasteiger partial charge in [0.1, 0.15) is 5.60 Å². The van der Waals surface area contributed by atoms with Crippen LogP contribution in [0, 0.1) is 5.41 Å². The summed E-state index contributed by atoms with van der Waals surface area (Å²) in [5.41, 5.74) is -3.95. The maximum absolute atomic E-state index is 13.9. The number of halogens is 3. The third-order valence-corrected chi connectivity index (χ3v) is 4.45. The zero-order valence-electron chi connectivity index (χ0n) is 15.3. The second kappa shape index (κ2) is 6.77. The molecule has 0 fully saturated rings. The van der Waals surface area contributed by atoms with Crippen molar-refractivity contribution in [2.45, 2.75) is 71.6 Å². The van der Waals surface area contributed by atoms with E-state index in [1.807, 2.05) is 0 Å². The molecule has 0 saturated heterocycles. The molecule has 0 amide bonds. The van der Waals surface area contributed by atoms with E-state index in [2.05, 4.69) is 0 Å². The van der Waals surface area contributed by atoms with E-state index in [4.69, 9.17) is 4.74 Å². The first-order valence-corrected chi connectivity index (χ1v) is 8.11. The van der Waals surface area contributed by atoms with E-state index in [-0.39, 0.29) is 18.4 Å². The molecule has 0 radical (unpaired) electrons. The minimum atomic E-state index is -4.48. The van der Waals surface area contributed by atoms with Gasteiger partial charge in [-0.15, -0.1) is 0 Å². The Kier molecular flexibility index (Phi) is 5.79. The Morgan fingerprint density at radius 3 is 1.88 bits per heavy atom. The molecule has 1 rings (SSSR count). The molecular weight excluding hydrogens is 317 g/mol. The number of esters is 1. The topological polar surface area (TPSA) is 26.3 Å². The number of carbonyl (C=O) groups excluding carboxylic acids is 1. The molecule has 0 aliphatic rings. The van der Waals surface area contributed by atoms with E-state index in [1.54, 1.807) is 52.8 Å². The highest BCUT2D eigenvalue weighted by Crippen LogP contribution is 2.49. The molecule has 0 saturated carbocycles. The molecule has 2 unspecified atom stereocenters. The van der Waals surface area contributed by atoms with Gasteiger partial charge >= 0.3 is 12.1 Å². The van der Waals surface area contributed by atoms with Crippen molar-refractivity contribution in [2.24, 2.45) is 5.41 Å². The Balaban J connectivity index is 3.28. The van der Waals surface area contributed by atoms with Gasteiger partial charge in [0.25, 0.3) is 0 Å². The van der Waals surface area contributed by atoms with Crippen LogP contribution in [0.5, 0.6) is 0 Å². The number of carbonyl (C=O) groups is 1. The predicted octanol–water partition coefficient (Wildman–Crippen LogP) is 5.65. The SMILES string of the molecule is CCC(C)(CC(C)(c1ccccc1)C(F)(F)F)C(=O)OC(C)(C)C. The molecule has 0 heterocycles. The van der Waals surface area contributed by atoms with E-state index in [0.717, 1.165) is 6.92 Å². The third-order valence-electron chi connectivity index (χ3n) is 4.45. The molecule has 0 N–H and O–H groups in total. The van der Waals surface area contributed by atoms with Crippen LogP contribution in [0.3, 0.4) is 0 Å². The van der Waals surface area contributed by atoms with Crippen molar-refractivity contribution in [3.63, 3.8) is 0 Å². The predicted molar refractivity (Wildman–Crippen MR) is 88.7 cm³/mol. The van der Waals surface area contributed by atoms with Gasteiger partial charge in [-0.05, 0) is 53.0 Å². The zero-order valence-corrected chi connectivity index (χ0v) is 15.3. The molecule has 0 aromatic heterocycles. The van der Waals surface area contributed by atoms with E-state index in [1.165, 1.54) is 12.1 Å². The monoisotopic (exact) mass is 344 g/mol. The summed E-state index contributed by atoms with van der Waals surface area (Å²) < 4.78 is 47.1. The lowest BCUT2D eigenvalue weighted by Crippen LogP contribution is -2.47. The van der Waals surface area contributed by atoms with Crippen LogP contribution < -0.4 is 0 Å². The summed E-state index contributed by atoms with van der Waals surface area (Å²) in [6.07, 6.45) is -4.58. The standard InChI is InChI=1S/C19H27F3O2/c1-7-17(5,15(23)24-16(2,3)4)13-18(6,19(20,21)22)14-11-9-8-10-12-14/h8-12H,7,13H2,1-6H3. The Labute approximate surface area is 142 Å². The van der Waals surface area contributed by atoms with Crippen LogP contribution in [0.2, 0.25) is 0 Å². The number of rotatable bonds is 5. The van der Waals surface area contributed by atoms with Gasteiger partial charge in [-0.25, -0.2) is 0 Å². The van der Waals surface area contributed by atoms with Crippen LogP contribution in [0.15, 0.2) is 30.3 Å². The van der Waals surface area contributed by atoms with Gasteiger partial charge < -0.3 is 4.74 Å². The summed E-state index contributed by atoms with van der Waals surface area (Å²) >= 11 is 0. The zero-order chi connectivity index (χ0) is 18.8. The van der Waals surface area contributed by atoms with Crippen molar-refractivity contribution in [2.75, 3.05) is 0 Å². The van der Waals surface area contributed by atoms with Crippen LogP contribution in [-0.4, -0.2) is 17.7 Å². The molecule has 2 atom stereocenters. The number of ether oxygens (including phenoxy) is 1. The smallest absolute Gasteiger partial charge is 0.398 e. The quantitative estimate of drug-likeness (QED) is 0.645. The van der Waals surface area contributed by atoms with Crippen LogP contribution in [0.4, 0.5) is 13.2 Å². The minimum Gasteiger partial charge on any atom is -0.460 e. The van der Waals surface area contributed by atoms with Crippen molar-refractivity contribution >= 4 is 5.97 Å². The summed E-state index contributed by atoms with van der Waals surface area (Å²) in [5.74, 6) is -0.594. The maximum atomic E-state index is 13.9. The highest BCUT2D eigenvalue weighted by molar-refractivity contribution is 5.77. The van der Waals surface area contributed by atoms with Crippen molar-refractivity contribution in [3.05, 3.63) is 35.9 Å². The lowest BCUT2D eigenvalue weighted by Gasteiger charge is -2.40. The fourth-order valence-electron chi connectivity index (χ4n) is 2.70. The van der Waals surface area contributed by atoms with E-state index >= 15 is 0 Å². The Hall–Kier alpha value is -1.52.